The van der Waals surface area contributed by atoms with Crippen molar-refractivity contribution >= 4 is 27.3 Å². The summed E-state index contributed by atoms with van der Waals surface area (Å²) in [5.74, 6) is -1.12. The number of thiophene rings is 1. The second-order valence-corrected chi connectivity index (χ2v) is 8.18. The Morgan fingerprint density at radius 2 is 2.09 bits per heavy atom. The Kier molecular flexibility index (Phi) is 3.80. The molecule has 0 fully saturated rings. The Balaban J connectivity index is 1.97. The second-order valence-electron chi connectivity index (χ2n) is 5.24. The number of hydrogen-bond acceptors (Lipinski definition) is 4. The summed E-state index contributed by atoms with van der Waals surface area (Å²) in [6, 6.07) is 6.20. The van der Waals surface area contributed by atoms with Crippen LogP contribution >= 0.6 is 11.3 Å². The van der Waals surface area contributed by atoms with E-state index >= 15 is 0 Å². The molecule has 0 bridgehead atoms. The van der Waals surface area contributed by atoms with Crippen LogP contribution < -0.4 is 0 Å². The fourth-order valence-electron chi connectivity index (χ4n) is 2.57. The van der Waals surface area contributed by atoms with Crippen molar-refractivity contribution < 1.29 is 18.3 Å². The van der Waals surface area contributed by atoms with Crippen LogP contribution in [-0.2, 0) is 23.0 Å². The third-order valence-electron chi connectivity index (χ3n) is 3.85. The molecule has 5 nitrogen and oxygen atoms in total. The highest BCUT2D eigenvalue weighted by atomic mass is 32.2. The lowest BCUT2D eigenvalue weighted by molar-refractivity contribution is 0.0696. The molecule has 7 heteroatoms. The molecule has 2 aromatic rings. The van der Waals surface area contributed by atoms with E-state index in [0.29, 0.717) is 25.1 Å². The van der Waals surface area contributed by atoms with Gasteiger partial charge in [0.05, 0.1) is 10.5 Å². The summed E-state index contributed by atoms with van der Waals surface area (Å²) in [7, 11) is -3.68. The first-order chi connectivity index (χ1) is 10.4. The summed E-state index contributed by atoms with van der Waals surface area (Å²) in [6.45, 7) is 2.42. The van der Waals surface area contributed by atoms with Crippen molar-refractivity contribution in [2.75, 3.05) is 6.54 Å². The molecule has 0 saturated carbocycles. The molecular formula is C15H15NO4S2. The Bertz CT molecular complexity index is 839. The summed E-state index contributed by atoms with van der Waals surface area (Å²) >= 11 is 1.64. The highest BCUT2D eigenvalue weighted by Gasteiger charge is 2.29. The molecule has 0 spiro atoms. The van der Waals surface area contributed by atoms with Gasteiger partial charge < -0.3 is 5.11 Å². The van der Waals surface area contributed by atoms with Crippen molar-refractivity contribution in [3.63, 3.8) is 0 Å². The van der Waals surface area contributed by atoms with Crippen LogP contribution in [0.5, 0.6) is 0 Å². The smallest absolute Gasteiger partial charge is 0.335 e. The number of benzene rings is 1. The maximum atomic E-state index is 12.7. The molecule has 116 valence electrons. The number of carboxylic acids is 1. The van der Waals surface area contributed by atoms with Gasteiger partial charge in [-0.3, -0.25) is 0 Å². The lowest BCUT2D eigenvalue weighted by Crippen LogP contribution is -2.35. The van der Waals surface area contributed by atoms with Crippen LogP contribution in [0.3, 0.4) is 0 Å². The Labute approximate surface area is 132 Å². The molecule has 1 aromatic carbocycles. The molecule has 1 aliphatic rings. The third-order valence-corrected chi connectivity index (χ3v) is 6.71. The number of hydrogen-bond donors (Lipinski definition) is 1. The van der Waals surface area contributed by atoms with Crippen LogP contribution in [0, 0.1) is 6.92 Å². The zero-order valence-electron chi connectivity index (χ0n) is 11.9. The quantitative estimate of drug-likeness (QED) is 0.934. The first-order valence-corrected chi connectivity index (χ1v) is 9.11. The molecule has 1 N–H and O–H groups in total. The maximum Gasteiger partial charge on any atom is 0.335 e. The van der Waals surface area contributed by atoms with E-state index in [1.165, 1.54) is 27.4 Å². The van der Waals surface area contributed by atoms with Crippen molar-refractivity contribution in [2.45, 2.75) is 24.8 Å². The lowest BCUT2D eigenvalue weighted by atomic mass is 10.1. The maximum absolute atomic E-state index is 12.7. The molecule has 1 aliphatic heterocycles. The number of nitrogens with zero attached hydrogens (tertiary/aromatic N) is 1. The largest absolute Gasteiger partial charge is 0.478 e. The van der Waals surface area contributed by atoms with Gasteiger partial charge in [-0.15, -0.1) is 11.3 Å². The van der Waals surface area contributed by atoms with Crippen LogP contribution in [0.2, 0.25) is 0 Å². The number of aromatic carboxylic acids is 1. The highest BCUT2D eigenvalue weighted by molar-refractivity contribution is 7.89. The standard InChI is InChI=1S/C15H15NO4S2/c1-10-2-3-12(8-13(10)15(17)18)22(19,20)16-6-4-14-11(9-16)5-7-21-14/h2-3,5,7-8H,4,6,9H2,1H3,(H,17,18). The van der Waals surface area contributed by atoms with Gasteiger partial charge in [-0.25, -0.2) is 13.2 Å². The minimum atomic E-state index is -3.68. The molecule has 0 atom stereocenters. The van der Waals surface area contributed by atoms with E-state index in [1.807, 2.05) is 11.4 Å². The Morgan fingerprint density at radius 1 is 1.32 bits per heavy atom. The Hall–Kier alpha value is -1.70. The summed E-state index contributed by atoms with van der Waals surface area (Å²) in [4.78, 5) is 12.5. The molecule has 1 aromatic heterocycles. The summed E-state index contributed by atoms with van der Waals surface area (Å²) < 4.78 is 26.9. The SMILES string of the molecule is Cc1ccc(S(=O)(=O)N2CCc3sccc3C2)cc1C(=O)O. The number of fused-ring (bicyclic) bond motifs is 1. The van der Waals surface area contributed by atoms with E-state index in [9.17, 15) is 13.2 Å². The number of aryl methyl sites for hydroxylation is 1. The van der Waals surface area contributed by atoms with E-state index in [2.05, 4.69) is 0 Å². The van der Waals surface area contributed by atoms with Crippen molar-refractivity contribution in [1.29, 1.82) is 0 Å². The van der Waals surface area contributed by atoms with Gasteiger partial charge >= 0.3 is 5.97 Å². The van der Waals surface area contributed by atoms with E-state index in [4.69, 9.17) is 5.11 Å². The van der Waals surface area contributed by atoms with Gasteiger partial charge in [0.1, 0.15) is 0 Å². The first kappa shape index (κ1) is 15.2. The summed E-state index contributed by atoms with van der Waals surface area (Å²) in [5.41, 5.74) is 1.60. The molecule has 0 saturated heterocycles. The zero-order chi connectivity index (χ0) is 15.9. The fourth-order valence-corrected chi connectivity index (χ4v) is 4.90. The van der Waals surface area contributed by atoms with E-state index in [1.54, 1.807) is 18.3 Å². The molecule has 22 heavy (non-hydrogen) atoms. The highest BCUT2D eigenvalue weighted by Crippen LogP contribution is 2.28. The van der Waals surface area contributed by atoms with Gasteiger partial charge in [-0.05, 0) is 48.1 Å². The second kappa shape index (κ2) is 5.49. The normalized spacial score (nSPS) is 15.5. The average Bonchev–Trinajstić information content (AvgIpc) is 2.94. The molecule has 0 unspecified atom stereocenters. The van der Waals surface area contributed by atoms with Gasteiger partial charge in [0.2, 0.25) is 10.0 Å². The van der Waals surface area contributed by atoms with Gasteiger partial charge in [-0.2, -0.15) is 4.31 Å². The van der Waals surface area contributed by atoms with E-state index < -0.39 is 16.0 Å². The van der Waals surface area contributed by atoms with E-state index in [0.717, 1.165) is 5.56 Å². The minimum absolute atomic E-state index is 0.0225. The lowest BCUT2D eigenvalue weighted by Gasteiger charge is -2.26. The average molecular weight is 337 g/mol. The predicted octanol–water partition coefficient (Wildman–Crippen LogP) is 2.50. The number of carbonyl (C=O) groups is 1. The topological polar surface area (TPSA) is 74.7 Å². The molecule has 0 radical (unpaired) electrons. The molecule has 0 amide bonds. The van der Waals surface area contributed by atoms with Crippen LogP contribution in [0.1, 0.15) is 26.4 Å². The Morgan fingerprint density at radius 3 is 2.82 bits per heavy atom. The molecule has 2 heterocycles. The zero-order valence-corrected chi connectivity index (χ0v) is 13.6. The van der Waals surface area contributed by atoms with Gasteiger partial charge in [0.25, 0.3) is 0 Å². The van der Waals surface area contributed by atoms with Crippen molar-refractivity contribution in [2.24, 2.45) is 0 Å². The van der Waals surface area contributed by atoms with Crippen molar-refractivity contribution in [3.8, 4) is 0 Å². The first-order valence-electron chi connectivity index (χ1n) is 6.79. The van der Waals surface area contributed by atoms with Crippen LogP contribution in [0.15, 0.2) is 34.5 Å². The van der Waals surface area contributed by atoms with Crippen molar-refractivity contribution in [1.82, 2.24) is 4.31 Å². The van der Waals surface area contributed by atoms with Crippen LogP contribution in [0.25, 0.3) is 0 Å². The summed E-state index contributed by atoms with van der Waals surface area (Å²) in [5, 5.41) is 11.1. The predicted molar refractivity (Wildman–Crippen MR) is 83.8 cm³/mol. The molecule has 0 aliphatic carbocycles. The summed E-state index contributed by atoms with van der Waals surface area (Å²) in [6.07, 6.45) is 0.698. The molecule has 3 rings (SSSR count). The molecular weight excluding hydrogens is 322 g/mol. The monoisotopic (exact) mass is 337 g/mol. The van der Waals surface area contributed by atoms with Crippen LogP contribution in [0.4, 0.5) is 0 Å². The van der Waals surface area contributed by atoms with Gasteiger partial charge in [0, 0.05) is 18.0 Å². The van der Waals surface area contributed by atoms with E-state index in [-0.39, 0.29) is 10.5 Å². The van der Waals surface area contributed by atoms with Crippen molar-refractivity contribution in [3.05, 3.63) is 51.2 Å². The van der Waals surface area contributed by atoms with Crippen LogP contribution in [-0.4, -0.2) is 30.3 Å². The third kappa shape index (κ3) is 2.55. The number of sulfonamides is 1. The minimum Gasteiger partial charge on any atom is -0.478 e. The number of rotatable bonds is 3. The fraction of sp³-hybridized carbons (Fsp3) is 0.267. The van der Waals surface area contributed by atoms with Gasteiger partial charge in [0.15, 0.2) is 0 Å². The number of carboxylic acid groups (broad SMARTS) is 1. The van der Waals surface area contributed by atoms with Gasteiger partial charge in [-0.1, -0.05) is 6.07 Å².